The van der Waals surface area contributed by atoms with E-state index in [1.165, 1.54) is 11.0 Å². The van der Waals surface area contributed by atoms with Crippen molar-refractivity contribution in [3.63, 3.8) is 0 Å². The van der Waals surface area contributed by atoms with Gasteiger partial charge in [0.25, 0.3) is 11.7 Å². The molecule has 2 heterocycles. The molecule has 1 saturated heterocycles. The third-order valence-electron chi connectivity index (χ3n) is 6.16. The zero-order chi connectivity index (χ0) is 25.1. The molecule has 0 spiro atoms. The van der Waals surface area contributed by atoms with Gasteiger partial charge in [-0.25, -0.2) is 4.98 Å². The van der Waals surface area contributed by atoms with Crippen LogP contribution in [0.5, 0.6) is 11.5 Å². The van der Waals surface area contributed by atoms with Crippen LogP contribution < -0.4 is 4.74 Å². The van der Waals surface area contributed by atoms with E-state index in [0.717, 1.165) is 11.1 Å². The number of Topliss-reactive ketones (excluding diaryl/α,β-unsaturated/α-hetero) is 1. The van der Waals surface area contributed by atoms with E-state index in [-0.39, 0.29) is 22.8 Å². The number of phenolic OH excluding ortho intramolecular Hbond substituents is 1. The minimum absolute atomic E-state index is 0.0273. The van der Waals surface area contributed by atoms with Crippen LogP contribution in [-0.2, 0) is 16.1 Å². The van der Waals surface area contributed by atoms with Crippen molar-refractivity contribution in [1.29, 1.82) is 0 Å². The van der Waals surface area contributed by atoms with Crippen molar-refractivity contribution in [3.8, 4) is 11.5 Å². The molecule has 0 saturated carbocycles. The highest BCUT2D eigenvalue weighted by atomic mass is 16.5. The van der Waals surface area contributed by atoms with Gasteiger partial charge in [-0.2, -0.15) is 0 Å². The number of aliphatic hydroxyl groups is 1. The second-order valence-electron chi connectivity index (χ2n) is 8.63. The maximum absolute atomic E-state index is 13.3. The molecular formula is C27H29N3O5. The number of amides is 1. The van der Waals surface area contributed by atoms with E-state index >= 15 is 0 Å². The SMILES string of the molecule is CCOc1cc(C2C(=C(O)c3cc(C)ccc3C)C(=O)C(=O)N2CCCn2ccnc2)ccc1O. The highest BCUT2D eigenvalue weighted by molar-refractivity contribution is 6.46. The third kappa shape index (κ3) is 4.77. The van der Waals surface area contributed by atoms with Gasteiger partial charge in [0.2, 0.25) is 0 Å². The number of imidazole rings is 1. The van der Waals surface area contributed by atoms with E-state index in [1.54, 1.807) is 37.6 Å². The van der Waals surface area contributed by atoms with Crippen molar-refractivity contribution >= 4 is 17.4 Å². The number of phenols is 1. The van der Waals surface area contributed by atoms with E-state index in [2.05, 4.69) is 4.98 Å². The maximum Gasteiger partial charge on any atom is 0.295 e. The Hall–Kier alpha value is -4.07. The monoisotopic (exact) mass is 475 g/mol. The van der Waals surface area contributed by atoms with E-state index in [9.17, 15) is 19.8 Å². The van der Waals surface area contributed by atoms with Gasteiger partial charge in [0, 0.05) is 31.0 Å². The Kier molecular flexibility index (Phi) is 6.91. The van der Waals surface area contributed by atoms with Gasteiger partial charge in [-0.3, -0.25) is 9.59 Å². The van der Waals surface area contributed by atoms with Crippen molar-refractivity contribution in [1.82, 2.24) is 14.5 Å². The fourth-order valence-electron chi connectivity index (χ4n) is 4.41. The van der Waals surface area contributed by atoms with Gasteiger partial charge in [-0.15, -0.1) is 0 Å². The fourth-order valence-corrected chi connectivity index (χ4v) is 4.41. The molecule has 2 aromatic carbocycles. The number of rotatable bonds is 8. The lowest BCUT2D eigenvalue weighted by Gasteiger charge is -2.26. The Morgan fingerprint density at radius 3 is 2.63 bits per heavy atom. The molecule has 1 aliphatic rings. The minimum atomic E-state index is -0.822. The third-order valence-corrected chi connectivity index (χ3v) is 6.16. The second-order valence-corrected chi connectivity index (χ2v) is 8.63. The van der Waals surface area contributed by atoms with Gasteiger partial charge in [-0.05, 0) is 56.5 Å². The van der Waals surface area contributed by atoms with Crippen LogP contribution in [-0.4, -0.2) is 49.5 Å². The zero-order valence-electron chi connectivity index (χ0n) is 20.1. The van der Waals surface area contributed by atoms with Crippen molar-refractivity contribution in [3.05, 3.63) is 82.9 Å². The largest absolute Gasteiger partial charge is 0.507 e. The number of benzene rings is 2. The summed E-state index contributed by atoms with van der Waals surface area (Å²) in [5, 5.41) is 21.6. The van der Waals surface area contributed by atoms with Crippen molar-refractivity contribution < 1.29 is 24.5 Å². The van der Waals surface area contributed by atoms with Crippen LogP contribution in [0.3, 0.4) is 0 Å². The van der Waals surface area contributed by atoms with Crippen LogP contribution in [0.2, 0.25) is 0 Å². The molecule has 1 unspecified atom stereocenters. The van der Waals surface area contributed by atoms with Gasteiger partial charge in [-0.1, -0.05) is 23.8 Å². The quantitative estimate of drug-likeness (QED) is 0.289. The first-order valence-corrected chi connectivity index (χ1v) is 11.6. The molecule has 1 fully saturated rings. The number of aromatic nitrogens is 2. The van der Waals surface area contributed by atoms with Crippen molar-refractivity contribution in [2.45, 2.75) is 39.8 Å². The van der Waals surface area contributed by atoms with Crippen LogP contribution in [0.25, 0.3) is 5.76 Å². The Morgan fingerprint density at radius 2 is 1.91 bits per heavy atom. The van der Waals surface area contributed by atoms with Gasteiger partial charge >= 0.3 is 0 Å². The molecule has 2 N–H and O–H groups in total. The molecule has 1 aromatic heterocycles. The molecule has 0 bridgehead atoms. The first kappa shape index (κ1) is 24.1. The summed E-state index contributed by atoms with van der Waals surface area (Å²) in [6.45, 7) is 6.79. The van der Waals surface area contributed by atoms with Crippen molar-refractivity contribution in [2.24, 2.45) is 0 Å². The summed E-state index contributed by atoms with van der Waals surface area (Å²) in [4.78, 5) is 32.0. The van der Waals surface area contributed by atoms with Crippen LogP contribution in [0, 0.1) is 13.8 Å². The number of likely N-dealkylation sites (tertiary alicyclic amines) is 1. The molecule has 1 amide bonds. The minimum Gasteiger partial charge on any atom is -0.507 e. The van der Waals surface area contributed by atoms with Gasteiger partial charge < -0.3 is 24.4 Å². The number of hydrogen-bond donors (Lipinski definition) is 2. The Morgan fingerprint density at radius 1 is 1.11 bits per heavy atom. The first-order valence-electron chi connectivity index (χ1n) is 11.6. The molecule has 8 heteroatoms. The molecule has 0 radical (unpaired) electrons. The summed E-state index contributed by atoms with van der Waals surface area (Å²) in [5.41, 5.74) is 2.82. The number of ether oxygens (including phenoxy) is 1. The molecule has 4 rings (SSSR count). The number of nitrogens with zero attached hydrogens (tertiary/aromatic N) is 3. The van der Waals surface area contributed by atoms with Crippen LogP contribution in [0.1, 0.15) is 41.6 Å². The Labute approximate surface area is 204 Å². The molecule has 182 valence electrons. The number of aliphatic hydroxyl groups excluding tert-OH is 1. The zero-order valence-corrected chi connectivity index (χ0v) is 20.1. The number of carbonyl (C=O) groups is 2. The van der Waals surface area contributed by atoms with E-state index in [0.29, 0.717) is 37.2 Å². The molecule has 1 atom stereocenters. The summed E-state index contributed by atoms with van der Waals surface area (Å²) in [7, 11) is 0. The van der Waals surface area contributed by atoms with Gasteiger partial charge in [0.15, 0.2) is 11.5 Å². The lowest BCUT2D eigenvalue weighted by molar-refractivity contribution is -0.139. The first-order chi connectivity index (χ1) is 16.8. The normalized spacial score (nSPS) is 17.2. The second kappa shape index (κ2) is 10.0. The summed E-state index contributed by atoms with van der Waals surface area (Å²) in [6, 6.07) is 9.52. The number of carbonyl (C=O) groups excluding carboxylic acids is 2. The van der Waals surface area contributed by atoms with E-state index < -0.39 is 17.7 Å². The molecule has 8 nitrogen and oxygen atoms in total. The number of aryl methyl sites for hydroxylation is 3. The van der Waals surface area contributed by atoms with E-state index in [1.807, 2.05) is 36.7 Å². The number of ketones is 1. The topological polar surface area (TPSA) is 105 Å². The lowest BCUT2D eigenvalue weighted by atomic mass is 9.93. The van der Waals surface area contributed by atoms with Crippen LogP contribution in [0.4, 0.5) is 0 Å². The molecule has 0 aliphatic carbocycles. The van der Waals surface area contributed by atoms with Gasteiger partial charge in [0.1, 0.15) is 5.76 Å². The molecule has 1 aliphatic heterocycles. The Bertz CT molecular complexity index is 1280. The smallest absolute Gasteiger partial charge is 0.295 e. The highest BCUT2D eigenvalue weighted by Crippen LogP contribution is 2.42. The molecular weight excluding hydrogens is 446 g/mol. The molecule has 3 aromatic rings. The average molecular weight is 476 g/mol. The Balaban J connectivity index is 1.80. The maximum atomic E-state index is 13.3. The fraction of sp³-hybridized carbons (Fsp3) is 0.296. The summed E-state index contributed by atoms with van der Waals surface area (Å²) < 4.78 is 7.44. The standard InChI is InChI=1S/C27H29N3O5/c1-4-35-22-15-19(8-9-21(22)31)24-23(25(32)20-14-17(2)6-7-18(20)3)26(33)27(34)30(24)12-5-11-29-13-10-28-16-29/h6-10,13-16,24,31-32H,4-5,11-12H2,1-3H3. The van der Waals surface area contributed by atoms with Crippen LogP contribution in [0.15, 0.2) is 60.7 Å². The van der Waals surface area contributed by atoms with Crippen molar-refractivity contribution in [2.75, 3.05) is 13.2 Å². The summed E-state index contributed by atoms with van der Waals surface area (Å²) in [6.07, 6.45) is 5.79. The molecule has 35 heavy (non-hydrogen) atoms. The number of hydrogen-bond acceptors (Lipinski definition) is 6. The van der Waals surface area contributed by atoms with Gasteiger partial charge in [0.05, 0.1) is 24.5 Å². The lowest BCUT2D eigenvalue weighted by Crippen LogP contribution is -2.31. The summed E-state index contributed by atoms with van der Waals surface area (Å²) in [5.74, 6) is -1.40. The summed E-state index contributed by atoms with van der Waals surface area (Å²) >= 11 is 0. The average Bonchev–Trinajstić information content (AvgIpc) is 3.44. The number of aromatic hydroxyl groups is 1. The van der Waals surface area contributed by atoms with Crippen LogP contribution >= 0.6 is 0 Å². The predicted octanol–water partition coefficient (Wildman–Crippen LogP) is 4.12. The predicted molar refractivity (Wildman–Crippen MR) is 131 cm³/mol. The highest BCUT2D eigenvalue weighted by Gasteiger charge is 2.46. The van der Waals surface area contributed by atoms with E-state index in [4.69, 9.17) is 4.74 Å².